The SMILES string of the molecule is CC(Nc1cc(C#N)c2ccccc2n1)c1ccsc1. The van der Waals surface area contributed by atoms with E-state index in [1.54, 1.807) is 11.3 Å². The molecule has 1 atom stereocenters. The van der Waals surface area contributed by atoms with Gasteiger partial charge in [-0.25, -0.2) is 4.98 Å². The summed E-state index contributed by atoms with van der Waals surface area (Å²) in [5.41, 5.74) is 2.71. The quantitative estimate of drug-likeness (QED) is 0.775. The summed E-state index contributed by atoms with van der Waals surface area (Å²) in [5, 5.41) is 17.7. The van der Waals surface area contributed by atoms with Crippen molar-refractivity contribution in [1.82, 2.24) is 4.98 Å². The maximum absolute atomic E-state index is 9.27. The molecule has 0 amide bonds. The molecule has 0 spiro atoms. The first kappa shape index (κ1) is 12.6. The van der Waals surface area contributed by atoms with Crippen LogP contribution in [-0.4, -0.2) is 4.98 Å². The van der Waals surface area contributed by atoms with Crippen molar-refractivity contribution in [2.24, 2.45) is 0 Å². The van der Waals surface area contributed by atoms with Crippen molar-refractivity contribution in [1.29, 1.82) is 5.26 Å². The van der Waals surface area contributed by atoms with Gasteiger partial charge in [0.1, 0.15) is 5.82 Å². The minimum absolute atomic E-state index is 0.168. The Kier molecular flexibility index (Phi) is 3.36. The Morgan fingerprint density at radius 1 is 1.30 bits per heavy atom. The topological polar surface area (TPSA) is 48.7 Å². The first-order valence-electron chi connectivity index (χ1n) is 6.36. The monoisotopic (exact) mass is 279 g/mol. The summed E-state index contributed by atoms with van der Waals surface area (Å²) in [4.78, 5) is 4.57. The number of aromatic nitrogens is 1. The van der Waals surface area contributed by atoms with Gasteiger partial charge >= 0.3 is 0 Å². The highest BCUT2D eigenvalue weighted by atomic mass is 32.1. The van der Waals surface area contributed by atoms with Crippen molar-refractivity contribution in [3.63, 3.8) is 0 Å². The van der Waals surface area contributed by atoms with E-state index in [4.69, 9.17) is 0 Å². The Balaban J connectivity index is 1.98. The Morgan fingerprint density at radius 2 is 2.15 bits per heavy atom. The minimum Gasteiger partial charge on any atom is -0.363 e. The summed E-state index contributed by atoms with van der Waals surface area (Å²) < 4.78 is 0. The lowest BCUT2D eigenvalue weighted by Crippen LogP contribution is -2.07. The summed E-state index contributed by atoms with van der Waals surface area (Å²) in [6.45, 7) is 2.09. The average molecular weight is 279 g/mol. The third-order valence-corrected chi connectivity index (χ3v) is 3.95. The fourth-order valence-corrected chi connectivity index (χ4v) is 2.92. The summed E-state index contributed by atoms with van der Waals surface area (Å²) in [5.74, 6) is 0.735. The molecular formula is C16H13N3S. The van der Waals surface area contributed by atoms with Crippen molar-refractivity contribution in [3.05, 3.63) is 58.3 Å². The number of benzene rings is 1. The van der Waals surface area contributed by atoms with E-state index in [0.29, 0.717) is 5.56 Å². The van der Waals surface area contributed by atoms with E-state index in [0.717, 1.165) is 16.7 Å². The summed E-state index contributed by atoms with van der Waals surface area (Å²) >= 11 is 1.68. The molecule has 4 heteroatoms. The molecule has 1 unspecified atom stereocenters. The summed E-state index contributed by atoms with van der Waals surface area (Å²) in [6, 6.07) is 14.0. The van der Waals surface area contributed by atoms with Crippen LogP contribution in [0.2, 0.25) is 0 Å². The maximum atomic E-state index is 9.27. The fourth-order valence-electron chi connectivity index (χ4n) is 2.17. The van der Waals surface area contributed by atoms with Gasteiger partial charge in [-0.1, -0.05) is 18.2 Å². The number of nitrogens with one attached hydrogen (secondary N) is 1. The van der Waals surface area contributed by atoms with Crippen LogP contribution in [0.5, 0.6) is 0 Å². The lowest BCUT2D eigenvalue weighted by atomic mass is 10.1. The van der Waals surface area contributed by atoms with Crippen molar-refractivity contribution >= 4 is 28.1 Å². The van der Waals surface area contributed by atoms with Gasteiger partial charge in [0, 0.05) is 5.39 Å². The number of hydrogen-bond acceptors (Lipinski definition) is 4. The van der Waals surface area contributed by atoms with Gasteiger partial charge in [-0.05, 0) is 41.4 Å². The van der Waals surface area contributed by atoms with Crippen LogP contribution < -0.4 is 5.32 Å². The lowest BCUT2D eigenvalue weighted by Gasteiger charge is -2.14. The van der Waals surface area contributed by atoms with E-state index in [1.807, 2.05) is 30.3 Å². The average Bonchev–Trinajstić information content (AvgIpc) is 3.00. The van der Waals surface area contributed by atoms with Crippen LogP contribution in [0.1, 0.15) is 24.1 Å². The smallest absolute Gasteiger partial charge is 0.128 e. The van der Waals surface area contributed by atoms with Crippen LogP contribution in [0.15, 0.2) is 47.2 Å². The van der Waals surface area contributed by atoms with Crippen LogP contribution >= 0.6 is 11.3 Å². The maximum Gasteiger partial charge on any atom is 0.128 e. The molecule has 3 aromatic rings. The first-order valence-corrected chi connectivity index (χ1v) is 7.31. The van der Waals surface area contributed by atoms with Crippen molar-refractivity contribution in [2.75, 3.05) is 5.32 Å². The Bertz CT molecular complexity index is 772. The second kappa shape index (κ2) is 5.32. The van der Waals surface area contributed by atoms with Gasteiger partial charge in [0.25, 0.3) is 0 Å². The number of pyridine rings is 1. The third kappa shape index (κ3) is 2.36. The molecule has 0 saturated heterocycles. The second-order valence-electron chi connectivity index (χ2n) is 4.61. The fraction of sp³-hybridized carbons (Fsp3) is 0.125. The standard InChI is InChI=1S/C16H13N3S/c1-11(12-6-7-20-10-12)18-16-8-13(9-17)14-4-2-3-5-15(14)19-16/h2-8,10-11H,1H3,(H,18,19). The van der Waals surface area contributed by atoms with Crippen molar-refractivity contribution in [3.8, 4) is 6.07 Å². The third-order valence-electron chi connectivity index (χ3n) is 3.24. The second-order valence-corrected chi connectivity index (χ2v) is 5.39. The molecule has 0 aliphatic heterocycles. The summed E-state index contributed by atoms with van der Waals surface area (Å²) in [6.07, 6.45) is 0. The van der Waals surface area contributed by atoms with Gasteiger partial charge < -0.3 is 5.32 Å². The van der Waals surface area contributed by atoms with Gasteiger partial charge in [0.15, 0.2) is 0 Å². The lowest BCUT2D eigenvalue weighted by molar-refractivity contribution is 0.882. The van der Waals surface area contributed by atoms with Crippen LogP contribution in [0.4, 0.5) is 5.82 Å². The Hall–Kier alpha value is -2.38. The molecule has 2 aromatic heterocycles. The molecule has 0 bridgehead atoms. The van der Waals surface area contributed by atoms with Crippen LogP contribution in [0.25, 0.3) is 10.9 Å². The Morgan fingerprint density at radius 3 is 2.90 bits per heavy atom. The van der Waals surface area contributed by atoms with E-state index < -0.39 is 0 Å². The molecule has 0 saturated carbocycles. The van der Waals surface area contributed by atoms with Crippen LogP contribution in [0.3, 0.4) is 0 Å². The molecule has 3 rings (SSSR count). The van der Waals surface area contributed by atoms with E-state index in [-0.39, 0.29) is 6.04 Å². The van der Waals surface area contributed by atoms with Crippen molar-refractivity contribution < 1.29 is 0 Å². The van der Waals surface area contributed by atoms with Gasteiger partial charge in [-0.15, -0.1) is 0 Å². The predicted octanol–water partition coefficient (Wildman–Crippen LogP) is 4.34. The van der Waals surface area contributed by atoms with Crippen molar-refractivity contribution in [2.45, 2.75) is 13.0 Å². The van der Waals surface area contributed by atoms with Gasteiger partial charge in [-0.3, -0.25) is 0 Å². The van der Waals surface area contributed by atoms with Gasteiger partial charge in [0.2, 0.25) is 0 Å². The summed E-state index contributed by atoms with van der Waals surface area (Å²) in [7, 11) is 0. The number of nitriles is 1. The molecule has 1 N–H and O–H groups in total. The molecule has 0 aliphatic rings. The highest BCUT2D eigenvalue weighted by molar-refractivity contribution is 7.07. The largest absolute Gasteiger partial charge is 0.363 e. The number of hydrogen-bond donors (Lipinski definition) is 1. The van der Waals surface area contributed by atoms with Gasteiger partial charge in [-0.2, -0.15) is 16.6 Å². The molecule has 2 heterocycles. The number of nitrogens with zero attached hydrogens (tertiary/aromatic N) is 2. The van der Waals surface area contributed by atoms with E-state index in [2.05, 4.69) is 40.1 Å². The number of thiophene rings is 1. The zero-order valence-electron chi connectivity index (χ0n) is 11.0. The minimum atomic E-state index is 0.168. The molecule has 0 aliphatic carbocycles. The van der Waals surface area contributed by atoms with Gasteiger partial charge in [0.05, 0.1) is 23.2 Å². The van der Waals surface area contributed by atoms with Crippen LogP contribution in [-0.2, 0) is 0 Å². The van der Waals surface area contributed by atoms with E-state index >= 15 is 0 Å². The zero-order chi connectivity index (χ0) is 13.9. The zero-order valence-corrected chi connectivity index (χ0v) is 11.8. The number of fused-ring (bicyclic) bond motifs is 1. The number of rotatable bonds is 3. The Labute approximate surface area is 121 Å². The molecule has 1 aromatic carbocycles. The highest BCUT2D eigenvalue weighted by Gasteiger charge is 2.09. The molecule has 98 valence electrons. The van der Waals surface area contributed by atoms with Crippen LogP contribution in [0, 0.1) is 11.3 Å². The molecular weight excluding hydrogens is 266 g/mol. The predicted molar refractivity (Wildman–Crippen MR) is 82.8 cm³/mol. The van der Waals surface area contributed by atoms with E-state index in [9.17, 15) is 5.26 Å². The molecule has 20 heavy (non-hydrogen) atoms. The molecule has 0 radical (unpaired) electrons. The number of para-hydroxylation sites is 1. The highest BCUT2D eigenvalue weighted by Crippen LogP contribution is 2.24. The van der Waals surface area contributed by atoms with E-state index in [1.165, 1.54) is 5.56 Å². The normalized spacial score (nSPS) is 12.0. The first-order chi connectivity index (χ1) is 9.78. The molecule has 3 nitrogen and oxygen atoms in total. The molecule has 0 fully saturated rings. The number of anilines is 1.